The van der Waals surface area contributed by atoms with Crippen LogP contribution in [0, 0.1) is 0 Å². The number of carbonyl (C=O) groups is 1. The fraction of sp³-hybridized carbons (Fsp3) is 0. The first-order chi connectivity index (χ1) is 7.75. The van der Waals surface area contributed by atoms with E-state index in [4.69, 9.17) is 9.47 Å². The van der Waals surface area contributed by atoms with E-state index in [1.807, 2.05) is 30.3 Å². The Morgan fingerprint density at radius 3 is 2.69 bits per heavy atom. The lowest BCUT2D eigenvalue weighted by molar-refractivity contribution is 0.0417. The van der Waals surface area contributed by atoms with Crippen LogP contribution in [0.15, 0.2) is 48.9 Å². The van der Waals surface area contributed by atoms with Crippen LogP contribution in [-0.4, -0.2) is 5.97 Å². The van der Waals surface area contributed by atoms with Gasteiger partial charge in [0.15, 0.2) is 0 Å². The number of carbonyl (C=O) groups excluding carboxylic acids is 1. The van der Waals surface area contributed by atoms with Gasteiger partial charge in [-0.3, -0.25) is 0 Å². The molecular formula is C13H8O3. The number of ether oxygens (including phenoxy) is 2. The second kappa shape index (κ2) is 3.10. The van der Waals surface area contributed by atoms with Crippen molar-refractivity contribution in [1.29, 1.82) is 0 Å². The van der Waals surface area contributed by atoms with Crippen molar-refractivity contribution in [2.24, 2.45) is 0 Å². The second-order valence-corrected chi connectivity index (χ2v) is 3.52. The van der Waals surface area contributed by atoms with Crippen LogP contribution in [0.1, 0.15) is 10.4 Å². The number of rotatable bonds is 0. The minimum absolute atomic E-state index is 0.0211. The SMILES string of the molecule is C=C1OC(=O)c2c(ccc3ccccc23)O1. The summed E-state index contributed by atoms with van der Waals surface area (Å²) < 4.78 is 10.1. The zero-order valence-corrected chi connectivity index (χ0v) is 8.40. The van der Waals surface area contributed by atoms with E-state index in [0.717, 1.165) is 10.8 Å². The molecule has 3 heteroatoms. The maximum Gasteiger partial charge on any atom is 0.350 e. The number of cyclic esters (lactones) is 1. The highest BCUT2D eigenvalue weighted by Crippen LogP contribution is 2.33. The second-order valence-electron chi connectivity index (χ2n) is 3.52. The van der Waals surface area contributed by atoms with Gasteiger partial charge in [0.05, 0.1) is 0 Å². The van der Waals surface area contributed by atoms with Gasteiger partial charge in [-0.05, 0) is 23.4 Å². The van der Waals surface area contributed by atoms with Gasteiger partial charge in [0.25, 0.3) is 5.95 Å². The molecule has 0 aliphatic carbocycles. The van der Waals surface area contributed by atoms with Gasteiger partial charge in [-0.2, -0.15) is 0 Å². The normalized spacial score (nSPS) is 14.2. The highest BCUT2D eigenvalue weighted by molar-refractivity contribution is 6.07. The van der Waals surface area contributed by atoms with Crippen LogP contribution in [-0.2, 0) is 4.74 Å². The smallest absolute Gasteiger partial charge is 0.350 e. The highest BCUT2D eigenvalue weighted by atomic mass is 16.7. The molecule has 1 aliphatic rings. The van der Waals surface area contributed by atoms with Gasteiger partial charge < -0.3 is 9.47 Å². The summed E-state index contributed by atoms with van der Waals surface area (Å²) in [4.78, 5) is 11.7. The van der Waals surface area contributed by atoms with Crippen molar-refractivity contribution in [1.82, 2.24) is 0 Å². The molecule has 0 atom stereocenters. The van der Waals surface area contributed by atoms with Crippen molar-refractivity contribution in [2.45, 2.75) is 0 Å². The standard InChI is InChI=1S/C13H8O3/c1-8-15-11-7-6-9-4-2-3-5-10(9)12(11)13(14)16-8/h2-7H,1H2. The first-order valence-corrected chi connectivity index (χ1v) is 4.86. The fourth-order valence-electron chi connectivity index (χ4n) is 1.85. The molecule has 0 saturated carbocycles. The van der Waals surface area contributed by atoms with Crippen molar-refractivity contribution in [3.63, 3.8) is 0 Å². The van der Waals surface area contributed by atoms with Crippen LogP contribution in [0.25, 0.3) is 10.8 Å². The molecule has 0 N–H and O–H groups in total. The summed E-state index contributed by atoms with van der Waals surface area (Å²) >= 11 is 0. The third kappa shape index (κ3) is 1.18. The average molecular weight is 212 g/mol. The van der Waals surface area contributed by atoms with Crippen LogP contribution in [0.4, 0.5) is 0 Å². The van der Waals surface area contributed by atoms with Gasteiger partial charge in [-0.25, -0.2) is 4.79 Å². The van der Waals surface area contributed by atoms with Crippen LogP contribution in [0.2, 0.25) is 0 Å². The third-order valence-corrected chi connectivity index (χ3v) is 2.53. The summed E-state index contributed by atoms with van der Waals surface area (Å²) in [5.74, 6) is 0.107. The Morgan fingerprint density at radius 2 is 1.81 bits per heavy atom. The maximum absolute atomic E-state index is 11.7. The zero-order valence-electron chi connectivity index (χ0n) is 8.40. The molecule has 0 radical (unpaired) electrons. The molecule has 3 rings (SSSR count). The lowest BCUT2D eigenvalue weighted by Crippen LogP contribution is -2.16. The van der Waals surface area contributed by atoms with Crippen molar-refractivity contribution in [2.75, 3.05) is 0 Å². The maximum atomic E-state index is 11.7. The first-order valence-electron chi connectivity index (χ1n) is 4.86. The molecular weight excluding hydrogens is 204 g/mol. The Hall–Kier alpha value is -2.29. The quantitative estimate of drug-likeness (QED) is 0.630. The van der Waals surface area contributed by atoms with Crippen molar-refractivity contribution in [3.8, 4) is 5.75 Å². The molecule has 1 heterocycles. The van der Waals surface area contributed by atoms with Crippen molar-refractivity contribution < 1.29 is 14.3 Å². The van der Waals surface area contributed by atoms with E-state index < -0.39 is 5.97 Å². The number of benzene rings is 2. The summed E-state index contributed by atoms with van der Waals surface area (Å²) in [5, 5.41) is 1.81. The summed E-state index contributed by atoms with van der Waals surface area (Å²) in [5.41, 5.74) is 0.463. The molecule has 2 aromatic carbocycles. The summed E-state index contributed by atoms with van der Waals surface area (Å²) in [6.07, 6.45) is 0. The summed E-state index contributed by atoms with van der Waals surface area (Å²) in [6.45, 7) is 3.48. The zero-order chi connectivity index (χ0) is 11.1. The van der Waals surface area contributed by atoms with Crippen LogP contribution >= 0.6 is 0 Å². The van der Waals surface area contributed by atoms with Gasteiger partial charge in [0.2, 0.25) is 0 Å². The minimum Gasteiger partial charge on any atom is -0.425 e. The van der Waals surface area contributed by atoms with E-state index in [2.05, 4.69) is 6.58 Å². The minimum atomic E-state index is -0.414. The fourth-order valence-corrected chi connectivity index (χ4v) is 1.85. The Bertz CT molecular complexity index is 614. The number of hydrogen-bond acceptors (Lipinski definition) is 3. The number of esters is 1. The van der Waals surface area contributed by atoms with E-state index >= 15 is 0 Å². The van der Waals surface area contributed by atoms with Crippen LogP contribution in [0.5, 0.6) is 5.75 Å². The van der Waals surface area contributed by atoms with E-state index in [1.165, 1.54) is 0 Å². The van der Waals surface area contributed by atoms with Crippen LogP contribution < -0.4 is 4.74 Å². The molecule has 0 fully saturated rings. The van der Waals surface area contributed by atoms with Gasteiger partial charge in [-0.15, -0.1) is 0 Å². The Labute approximate surface area is 91.9 Å². The lowest BCUT2D eigenvalue weighted by atomic mass is 10.0. The van der Waals surface area contributed by atoms with Gasteiger partial charge >= 0.3 is 5.97 Å². The monoisotopic (exact) mass is 212 g/mol. The Kier molecular flexibility index (Phi) is 1.74. The largest absolute Gasteiger partial charge is 0.425 e. The topological polar surface area (TPSA) is 35.5 Å². The van der Waals surface area contributed by atoms with Crippen molar-refractivity contribution >= 4 is 16.7 Å². The highest BCUT2D eigenvalue weighted by Gasteiger charge is 2.24. The van der Waals surface area contributed by atoms with Gasteiger partial charge in [0, 0.05) is 0 Å². The molecule has 0 bridgehead atoms. The molecule has 3 nitrogen and oxygen atoms in total. The molecule has 1 aliphatic heterocycles. The Morgan fingerprint density at radius 1 is 1.00 bits per heavy atom. The molecule has 0 aromatic heterocycles. The number of hydrogen-bond donors (Lipinski definition) is 0. The summed E-state index contributed by atoms with van der Waals surface area (Å²) in [7, 11) is 0. The molecule has 2 aromatic rings. The van der Waals surface area contributed by atoms with Gasteiger partial charge in [-0.1, -0.05) is 30.3 Å². The molecule has 0 unspecified atom stereocenters. The van der Waals surface area contributed by atoms with Gasteiger partial charge in [0.1, 0.15) is 11.3 Å². The van der Waals surface area contributed by atoms with E-state index in [9.17, 15) is 4.79 Å². The third-order valence-electron chi connectivity index (χ3n) is 2.53. The van der Waals surface area contributed by atoms with Crippen LogP contribution in [0.3, 0.4) is 0 Å². The lowest BCUT2D eigenvalue weighted by Gasteiger charge is -2.18. The van der Waals surface area contributed by atoms with E-state index in [-0.39, 0.29) is 5.95 Å². The van der Waals surface area contributed by atoms with Crippen molar-refractivity contribution in [3.05, 3.63) is 54.5 Å². The average Bonchev–Trinajstić information content (AvgIpc) is 2.28. The molecule has 0 spiro atoms. The molecule has 0 saturated heterocycles. The first kappa shape index (κ1) is 8.97. The predicted octanol–water partition coefficient (Wildman–Crippen LogP) is 2.86. The molecule has 78 valence electrons. The Balaban J connectivity index is 2.38. The molecule has 16 heavy (non-hydrogen) atoms. The molecule has 0 amide bonds. The van der Waals surface area contributed by atoms with E-state index in [0.29, 0.717) is 11.3 Å². The summed E-state index contributed by atoms with van der Waals surface area (Å²) in [6, 6.07) is 11.3. The number of fused-ring (bicyclic) bond motifs is 3. The van der Waals surface area contributed by atoms with E-state index in [1.54, 1.807) is 6.07 Å². The predicted molar refractivity (Wildman–Crippen MR) is 59.1 cm³/mol.